The average Bonchev–Trinajstić information content (AvgIpc) is 2.18. The molecule has 0 rings (SSSR count). The van der Waals surface area contributed by atoms with E-state index in [0.717, 1.165) is 25.7 Å². The van der Waals surface area contributed by atoms with E-state index in [9.17, 15) is 18.9 Å². The fourth-order valence-corrected chi connectivity index (χ4v) is 1.12. The number of unbranched alkanes of at least 4 members (excludes halogenated alkanes) is 2. The van der Waals surface area contributed by atoms with Gasteiger partial charge in [0.1, 0.15) is 13.2 Å². The first-order valence-corrected chi connectivity index (χ1v) is 7.28. The van der Waals surface area contributed by atoms with Crippen molar-refractivity contribution in [3.63, 3.8) is 0 Å². The molecule has 0 radical (unpaired) electrons. The second-order valence-electron chi connectivity index (χ2n) is 2.82. The molecule has 0 aromatic carbocycles. The molecule has 0 N–H and O–H groups in total. The van der Waals surface area contributed by atoms with Crippen molar-refractivity contribution in [2.45, 2.75) is 39.5 Å². The van der Waals surface area contributed by atoms with E-state index in [4.69, 9.17) is 0 Å². The average molecular weight is 328 g/mol. The first kappa shape index (κ1) is 22.7. The first-order chi connectivity index (χ1) is 7.54. The summed E-state index contributed by atoms with van der Waals surface area (Å²) in [4.78, 5) is 19.4. The van der Waals surface area contributed by atoms with Gasteiger partial charge in [-0.25, -0.2) is 0 Å². The predicted octanol–water partition coefficient (Wildman–Crippen LogP) is 1.64. The first-order valence-electron chi connectivity index (χ1n) is 5.09. The third-order valence-electron chi connectivity index (χ3n) is 1.39. The van der Waals surface area contributed by atoms with Crippen LogP contribution in [-0.2, 0) is 35.2 Å². The van der Waals surface area contributed by atoms with Crippen LogP contribution in [0.15, 0.2) is 0 Å². The van der Waals surface area contributed by atoms with Gasteiger partial charge in [-0.1, -0.05) is 26.7 Å². The summed E-state index contributed by atoms with van der Waals surface area (Å²) in [6.07, 6.45) is 3.54. The van der Waals surface area contributed by atoms with Crippen molar-refractivity contribution >= 4 is 16.5 Å². The van der Waals surface area contributed by atoms with Crippen LogP contribution >= 0.6 is 16.5 Å². The van der Waals surface area contributed by atoms with Crippen LogP contribution in [0.1, 0.15) is 39.5 Å². The Hall–Kier alpha value is 0.559. The van der Waals surface area contributed by atoms with Crippen molar-refractivity contribution in [2.75, 3.05) is 13.2 Å². The standard InChI is InChI=1S/2C4H9O3P.Fe/c2*1-2-3-4-7-8(5)6;/h2*2-4H2,1H3;/q;;+2. The van der Waals surface area contributed by atoms with Gasteiger partial charge in [-0.05, 0) is 22.0 Å². The molecule has 2 unspecified atom stereocenters. The van der Waals surface area contributed by atoms with Gasteiger partial charge in [-0.3, -0.25) is 0 Å². The molecule has 0 heterocycles. The van der Waals surface area contributed by atoms with Crippen LogP contribution in [0.5, 0.6) is 0 Å². The maximum atomic E-state index is 9.69. The van der Waals surface area contributed by atoms with Crippen molar-refractivity contribution in [3.05, 3.63) is 0 Å². The quantitative estimate of drug-likeness (QED) is 0.382. The van der Waals surface area contributed by atoms with Gasteiger partial charge in [0.2, 0.25) is 0 Å². The van der Waals surface area contributed by atoms with E-state index < -0.39 is 16.5 Å². The molecule has 2 atom stereocenters. The Balaban J connectivity index is -0.000000218. The topological polar surface area (TPSA) is 98.7 Å². The SMILES string of the molecule is CCCCO[P+](=O)[O-].CCCCO[P+](=O)[O-].[Fe+2]. The number of rotatable bonds is 8. The predicted molar refractivity (Wildman–Crippen MR) is 56.9 cm³/mol. The van der Waals surface area contributed by atoms with E-state index in [1.807, 2.05) is 13.8 Å². The van der Waals surface area contributed by atoms with Crippen molar-refractivity contribution in [3.8, 4) is 0 Å². The minimum Gasteiger partial charge on any atom is -0.566 e. The van der Waals surface area contributed by atoms with E-state index in [2.05, 4.69) is 9.05 Å². The smallest absolute Gasteiger partial charge is 0.566 e. The van der Waals surface area contributed by atoms with Crippen molar-refractivity contribution in [2.24, 2.45) is 0 Å². The fraction of sp³-hybridized carbons (Fsp3) is 1.00. The van der Waals surface area contributed by atoms with Gasteiger partial charge in [0.15, 0.2) is 0 Å². The van der Waals surface area contributed by atoms with E-state index in [1.54, 1.807) is 0 Å². The van der Waals surface area contributed by atoms with E-state index in [1.165, 1.54) is 0 Å². The van der Waals surface area contributed by atoms with Crippen LogP contribution in [-0.4, -0.2) is 13.2 Å². The molecule has 0 fully saturated rings. The van der Waals surface area contributed by atoms with Gasteiger partial charge >= 0.3 is 33.6 Å². The molecule has 102 valence electrons. The minimum atomic E-state index is -2.61. The van der Waals surface area contributed by atoms with Gasteiger partial charge in [0.05, 0.1) is 0 Å². The molecule has 0 spiro atoms. The Bertz CT molecular complexity index is 173. The fourth-order valence-electron chi connectivity index (χ4n) is 0.567. The summed E-state index contributed by atoms with van der Waals surface area (Å²) in [6.45, 7) is 4.60. The summed E-state index contributed by atoms with van der Waals surface area (Å²) < 4.78 is 27.8. The van der Waals surface area contributed by atoms with Crippen LogP contribution in [0, 0.1) is 0 Å². The second kappa shape index (κ2) is 18.9. The zero-order valence-electron chi connectivity index (χ0n) is 9.94. The van der Waals surface area contributed by atoms with Crippen LogP contribution < -0.4 is 9.79 Å². The van der Waals surface area contributed by atoms with E-state index >= 15 is 0 Å². The Morgan fingerprint density at radius 1 is 0.882 bits per heavy atom. The number of hydrogen-bond donors (Lipinski definition) is 0. The molecular formula is C8H18FeO6P2+2. The molecule has 0 aromatic rings. The van der Waals surface area contributed by atoms with Gasteiger partial charge in [-0.2, -0.15) is 0 Å². The van der Waals surface area contributed by atoms with Crippen LogP contribution in [0.4, 0.5) is 0 Å². The molecule has 0 aliphatic heterocycles. The van der Waals surface area contributed by atoms with Crippen LogP contribution in [0.2, 0.25) is 0 Å². The zero-order chi connectivity index (χ0) is 12.8. The van der Waals surface area contributed by atoms with Gasteiger partial charge in [0.25, 0.3) is 0 Å². The summed E-state index contributed by atoms with van der Waals surface area (Å²) in [6, 6.07) is 0. The molecule has 0 saturated carbocycles. The molecule has 17 heavy (non-hydrogen) atoms. The largest absolute Gasteiger partial charge is 2.00 e. The molecular weight excluding hydrogens is 310 g/mol. The van der Waals surface area contributed by atoms with Crippen molar-refractivity contribution in [1.29, 1.82) is 0 Å². The summed E-state index contributed by atoms with van der Waals surface area (Å²) >= 11 is 0. The maximum Gasteiger partial charge on any atom is 2.00 e. The number of hydrogen-bond acceptors (Lipinski definition) is 6. The molecule has 0 aliphatic carbocycles. The summed E-state index contributed by atoms with van der Waals surface area (Å²) in [5.41, 5.74) is 0. The summed E-state index contributed by atoms with van der Waals surface area (Å²) in [7, 11) is -5.22. The third-order valence-corrected chi connectivity index (χ3v) is 2.18. The van der Waals surface area contributed by atoms with Gasteiger partial charge < -0.3 is 9.79 Å². The third kappa shape index (κ3) is 31.5. The maximum absolute atomic E-state index is 9.69. The van der Waals surface area contributed by atoms with E-state index in [-0.39, 0.29) is 17.1 Å². The normalized spacial score (nSPS) is 10.8. The Morgan fingerprint density at radius 2 is 1.18 bits per heavy atom. The van der Waals surface area contributed by atoms with Gasteiger partial charge in [0, 0.05) is 0 Å². The van der Waals surface area contributed by atoms with Crippen molar-refractivity contribution < 1.29 is 45.0 Å². The Kier molecular flexibility index (Phi) is 25.3. The van der Waals surface area contributed by atoms with Gasteiger partial charge in [-0.15, -0.1) is 9.05 Å². The molecule has 0 aliphatic rings. The molecule has 0 amide bonds. The summed E-state index contributed by atoms with van der Waals surface area (Å²) in [5.74, 6) is 0. The Labute approximate surface area is 114 Å². The monoisotopic (exact) mass is 328 g/mol. The zero-order valence-corrected chi connectivity index (χ0v) is 12.8. The van der Waals surface area contributed by atoms with Crippen LogP contribution in [0.25, 0.3) is 0 Å². The minimum absolute atomic E-state index is 0. The molecule has 9 heteroatoms. The van der Waals surface area contributed by atoms with Crippen molar-refractivity contribution in [1.82, 2.24) is 0 Å². The van der Waals surface area contributed by atoms with E-state index in [0.29, 0.717) is 13.2 Å². The molecule has 0 saturated heterocycles. The molecule has 0 bridgehead atoms. The second-order valence-corrected chi connectivity index (χ2v) is 4.23. The summed E-state index contributed by atoms with van der Waals surface area (Å²) in [5, 5.41) is 0. The van der Waals surface area contributed by atoms with Crippen LogP contribution in [0.3, 0.4) is 0 Å². The Morgan fingerprint density at radius 3 is 1.35 bits per heavy atom. The molecule has 0 aromatic heterocycles. The molecule has 6 nitrogen and oxygen atoms in total.